The first-order valence-electron chi connectivity index (χ1n) is 9.84. The van der Waals surface area contributed by atoms with Crippen LogP contribution in [-0.4, -0.2) is 33.9 Å². The molecule has 0 unspecified atom stereocenters. The minimum absolute atomic E-state index is 0.0975. The molecule has 3 aromatic rings. The van der Waals surface area contributed by atoms with Gasteiger partial charge in [-0.15, -0.1) is 11.3 Å². The molecule has 5 nitrogen and oxygen atoms in total. The number of para-hydroxylation sites is 1. The monoisotopic (exact) mass is 395 g/mol. The van der Waals surface area contributed by atoms with Gasteiger partial charge >= 0.3 is 0 Å². The lowest BCUT2D eigenvalue weighted by Gasteiger charge is -2.31. The molecule has 0 spiro atoms. The highest BCUT2D eigenvalue weighted by Gasteiger charge is 2.26. The van der Waals surface area contributed by atoms with Crippen molar-refractivity contribution in [3.05, 3.63) is 61.8 Å². The summed E-state index contributed by atoms with van der Waals surface area (Å²) in [5, 5.41) is 2.21. The summed E-state index contributed by atoms with van der Waals surface area (Å²) < 4.78 is 0. The normalized spacial score (nSPS) is 15.3. The molecule has 0 atom stereocenters. The highest BCUT2D eigenvalue weighted by atomic mass is 32.1. The van der Waals surface area contributed by atoms with Crippen LogP contribution in [0.5, 0.6) is 0 Å². The second-order valence-electron chi connectivity index (χ2n) is 7.56. The Bertz CT molecular complexity index is 1040. The van der Waals surface area contributed by atoms with Crippen LogP contribution in [0.3, 0.4) is 0 Å². The van der Waals surface area contributed by atoms with Crippen LogP contribution >= 0.6 is 11.3 Å². The number of nitrogens with one attached hydrogen (secondary N) is 1. The van der Waals surface area contributed by atoms with E-state index in [1.807, 2.05) is 35.2 Å². The van der Waals surface area contributed by atoms with Gasteiger partial charge in [-0.25, -0.2) is 4.98 Å². The van der Waals surface area contributed by atoms with Gasteiger partial charge in [0, 0.05) is 41.4 Å². The Morgan fingerprint density at radius 2 is 2.00 bits per heavy atom. The highest BCUT2D eigenvalue weighted by molar-refractivity contribution is 7.11. The minimum Gasteiger partial charge on any atom is -0.343 e. The third-order valence-corrected chi connectivity index (χ3v) is 6.92. The molecule has 1 aliphatic rings. The molecule has 0 radical (unpaired) electrons. The molecule has 28 heavy (non-hydrogen) atoms. The Labute approximate surface area is 168 Å². The molecule has 6 heteroatoms. The number of aryl methyl sites for hydroxylation is 3. The van der Waals surface area contributed by atoms with Gasteiger partial charge in [0.2, 0.25) is 5.91 Å². The number of fused-ring (bicyclic) bond motifs is 1. The fraction of sp³-hybridized carbons (Fsp3) is 0.409. The van der Waals surface area contributed by atoms with Gasteiger partial charge in [-0.05, 0) is 50.6 Å². The number of aromatic nitrogens is 2. The van der Waals surface area contributed by atoms with Crippen LogP contribution in [0.2, 0.25) is 0 Å². The van der Waals surface area contributed by atoms with E-state index < -0.39 is 0 Å². The number of H-pyrrole nitrogens is 1. The van der Waals surface area contributed by atoms with Crippen molar-refractivity contribution in [1.29, 1.82) is 0 Å². The zero-order valence-corrected chi connectivity index (χ0v) is 17.1. The molecule has 3 heterocycles. The second kappa shape index (κ2) is 7.87. The average molecular weight is 396 g/mol. The van der Waals surface area contributed by atoms with Gasteiger partial charge in [-0.2, -0.15) is 0 Å². The van der Waals surface area contributed by atoms with Crippen LogP contribution in [0, 0.1) is 13.8 Å². The van der Waals surface area contributed by atoms with Crippen molar-refractivity contribution in [3.8, 4) is 0 Å². The van der Waals surface area contributed by atoms with E-state index in [-0.39, 0.29) is 11.5 Å². The zero-order chi connectivity index (χ0) is 19.7. The van der Waals surface area contributed by atoms with Crippen molar-refractivity contribution < 1.29 is 4.79 Å². The number of piperidine rings is 1. The third kappa shape index (κ3) is 3.87. The molecule has 1 saturated heterocycles. The first-order valence-corrected chi connectivity index (χ1v) is 10.7. The SMILES string of the molecule is Cc1nc(C2CCN(C(=O)CCc3cc4ccccc4[nH]c3=O)CC2)sc1C. The standard InChI is InChI=1S/C22H25N3O2S/c1-14-15(2)28-22(23-14)16-9-11-25(12-10-16)20(26)8-7-18-13-17-5-3-4-6-19(17)24-21(18)27/h3-6,13,16H,7-12H2,1-2H3,(H,24,27). The molecule has 1 aromatic carbocycles. The summed E-state index contributed by atoms with van der Waals surface area (Å²) >= 11 is 1.79. The summed E-state index contributed by atoms with van der Waals surface area (Å²) in [7, 11) is 0. The van der Waals surface area contributed by atoms with Crippen molar-refractivity contribution in [2.24, 2.45) is 0 Å². The molecule has 0 bridgehead atoms. The van der Waals surface area contributed by atoms with E-state index in [0.717, 1.165) is 42.5 Å². The number of rotatable bonds is 4. The van der Waals surface area contributed by atoms with Crippen LogP contribution in [0.25, 0.3) is 10.9 Å². The van der Waals surface area contributed by atoms with Crippen LogP contribution in [-0.2, 0) is 11.2 Å². The van der Waals surface area contributed by atoms with E-state index >= 15 is 0 Å². The number of likely N-dealkylation sites (tertiary alicyclic amines) is 1. The molecular formula is C22H25N3O2S. The van der Waals surface area contributed by atoms with Crippen molar-refractivity contribution in [3.63, 3.8) is 0 Å². The smallest absolute Gasteiger partial charge is 0.251 e. The molecule has 4 rings (SSSR count). The van der Waals surface area contributed by atoms with Crippen LogP contribution in [0.1, 0.15) is 46.3 Å². The summed E-state index contributed by atoms with van der Waals surface area (Å²) in [5.41, 5.74) is 2.53. The van der Waals surface area contributed by atoms with E-state index in [2.05, 4.69) is 18.8 Å². The number of nitrogens with zero attached hydrogens (tertiary/aromatic N) is 2. The largest absolute Gasteiger partial charge is 0.343 e. The van der Waals surface area contributed by atoms with Crippen LogP contribution in [0.4, 0.5) is 0 Å². The summed E-state index contributed by atoms with van der Waals surface area (Å²) in [5.74, 6) is 0.599. The molecule has 0 aliphatic carbocycles. The number of aromatic amines is 1. The number of pyridine rings is 1. The van der Waals surface area contributed by atoms with Crippen molar-refractivity contribution in [2.45, 2.75) is 45.4 Å². The fourth-order valence-corrected chi connectivity index (χ4v) is 4.92. The zero-order valence-electron chi connectivity index (χ0n) is 16.3. The van der Waals surface area contributed by atoms with Gasteiger partial charge in [0.1, 0.15) is 0 Å². The van der Waals surface area contributed by atoms with Gasteiger partial charge in [0.25, 0.3) is 5.56 Å². The number of carbonyl (C=O) groups is 1. The quantitative estimate of drug-likeness (QED) is 0.728. The minimum atomic E-state index is -0.0975. The summed E-state index contributed by atoms with van der Waals surface area (Å²) in [6.07, 6.45) is 2.79. The van der Waals surface area contributed by atoms with Crippen molar-refractivity contribution in [2.75, 3.05) is 13.1 Å². The van der Waals surface area contributed by atoms with Crippen molar-refractivity contribution >= 4 is 28.1 Å². The topological polar surface area (TPSA) is 66.1 Å². The van der Waals surface area contributed by atoms with Gasteiger partial charge < -0.3 is 9.88 Å². The predicted octanol–water partition coefficient (Wildman–Crippen LogP) is 3.94. The van der Waals surface area contributed by atoms with E-state index in [1.54, 1.807) is 11.3 Å². The Hall–Kier alpha value is -2.47. The molecule has 1 N–H and O–H groups in total. The van der Waals surface area contributed by atoms with Crippen LogP contribution < -0.4 is 5.56 Å². The fourth-order valence-electron chi connectivity index (χ4n) is 3.83. The van der Waals surface area contributed by atoms with E-state index in [0.29, 0.717) is 24.3 Å². The Morgan fingerprint density at radius 3 is 2.71 bits per heavy atom. The van der Waals surface area contributed by atoms with E-state index in [1.165, 1.54) is 9.88 Å². The first kappa shape index (κ1) is 18.9. The Balaban J connectivity index is 1.35. The lowest BCUT2D eigenvalue weighted by Crippen LogP contribution is -2.38. The molecule has 0 saturated carbocycles. The van der Waals surface area contributed by atoms with Gasteiger partial charge in [0.05, 0.1) is 10.7 Å². The summed E-state index contributed by atoms with van der Waals surface area (Å²) in [4.78, 5) is 35.7. The summed E-state index contributed by atoms with van der Waals surface area (Å²) in [6.45, 7) is 5.72. The average Bonchev–Trinajstić information content (AvgIpc) is 3.05. The molecule has 1 aliphatic heterocycles. The first-order chi connectivity index (χ1) is 13.5. The van der Waals surface area contributed by atoms with Crippen molar-refractivity contribution in [1.82, 2.24) is 14.9 Å². The summed E-state index contributed by atoms with van der Waals surface area (Å²) in [6, 6.07) is 9.62. The highest BCUT2D eigenvalue weighted by Crippen LogP contribution is 2.32. The predicted molar refractivity (Wildman–Crippen MR) is 113 cm³/mol. The van der Waals surface area contributed by atoms with Gasteiger partial charge in [-0.1, -0.05) is 18.2 Å². The molecule has 146 valence electrons. The maximum Gasteiger partial charge on any atom is 0.251 e. The lowest BCUT2D eigenvalue weighted by atomic mass is 9.97. The van der Waals surface area contributed by atoms with Crippen LogP contribution in [0.15, 0.2) is 35.1 Å². The number of carbonyl (C=O) groups excluding carboxylic acids is 1. The molecule has 1 fully saturated rings. The Kier molecular flexibility index (Phi) is 5.31. The number of thiazole rings is 1. The molecule has 2 aromatic heterocycles. The number of hydrogen-bond acceptors (Lipinski definition) is 4. The number of benzene rings is 1. The van der Waals surface area contributed by atoms with E-state index in [4.69, 9.17) is 4.98 Å². The number of hydrogen-bond donors (Lipinski definition) is 1. The molecule has 1 amide bonds. The maximum absolute atomic E-state index is 12.6. The Morgan fingerprint density at radius 1 is 1.25 bits per heavy atom. The molecular weight excluding hydrogens is 370 g/mol. The third-order valence-electron chi connectivity index (χ3n) is 5.68. The van der Waals surface area contributed by atoms with Gasteiger partial charge in [0.15, 0.2) is 0 Å². The van der Waals surface area contributed by atoms with E-state index in [9.17, 15) is 9.59 Å². The maximum atomic E-state index is 12.6. The lowest BCUT2D eigenvalue weighted by molar-refractivity contribution is -0.132. The number of amides is 1. The van der Waals surface area contributed by atoms with Gasteiger partial charge in [-0.3, -0.25) is 9.59 Å². The second-order valence-corrected chi connectivity index (χ2v) is 8.79.